The van der Waals surface area contributed by atoms with E-state index < -0.39 is 6.10 Å². The Morgan fingerprint density at radius 2 is 2.11 bits per heavy atom. The van der Waals surface area contributed by atoms with Gasteiger partial charge in [-0.2, -0.15) is 0 Å². The largest absolute Gasteiger partial charge is 0.481 e. The van der Waals surface area contributed by atoms with Crippen LogP contribution in [0.4, 0.5) is 4.39 Å². The van der Waals surface area contributed by atoms with Crippen molar-refractivity contribution in [1.29, 1.82) is 0 Å². The summed E-state index contributed by atoms with van der Waals surface area (Å²) in [5, 5.41) is 2.82. The van der Waals surface area contributed by atoms with Gasteiger partial charge in [-0.15, -0.1) is 0 Å². The molecule has 0 spiro atoms. The van der Waals surface area contributed by atoms with Gasteiger partial charge >= 0.3 is 0 Å². The zero-order chi connectivity index (χ0) is 14.6. The first kappa shape index (κ1) is 15.4. The first-order valence-electron chi connectivity index (χ1n) is 6.20. The second-order valence-electron chi connectivity index (χ2n) is 5.46. The molecule has 19 heavy (non-hydrogen) atoms. The van der Waals surface area contributed by atoms with E-state index in [1.807, 2.05) is 20.8 Å². The quantitative estimate of drug-likeness (QED) is 0.877. The number of carbonyl (C=O) groups is 1. The summed E-state index contributed by atoms with van der Waals surface area (Å²) in [6.07, 6.45) is -0.671. The number of hydrogen-bond donors (Lipinski definition) is 2. The lowest BCUT2D eigenvalue weighted by atomic mass is 10.1. The molecule has 0 fully saturated rings. The molecule has 1 aromatic carbocycles. The topological polar surface area (TPSA) is 64.3 Å². The number of rotatable bonds is 4. The summed E-state index contributed by atoms with van der Waals surface area (Å²) in [6.45, 7) is 7.47. The Hall–Kier alpha value is -1.62. The zero-order valence-corrected chi connectivity index (χ0v) is 11.8. The maximum Gasteiger partial charge on any atom is 0.261 e. The van der Waals surface area contributed by atoms with E-state index >= 15 is 0 Å². The number of carbonyl (C=O) groups excluding carboxylic acids is 1. The van der Waals surface area contributed by atoms with Gasteiger partial charge in [0.05, 0.1) is 0 Å². The Balaban J connectivity index is 2.76. The van der Waals surface area contributed by atoms with Gasteiger partial charge in [0.2, 0.25) is 0 Å². The third-order valence-electron chi connectivity index (χ3n) is 2.41. The van der Waals surface area contributed by atoms with E-state index in [1.165, 1.54) is 18.2 Å². The highest BCUT2D eigenvalue weighted by Crippen LogP contribution is 2.20. The number of benzene rings is 1. The fourth-order valence-electron chi connectivity index (χ4n) is 1.54. The molecule has 106 valence electrons. The highest BCUT2D eigenvalue weighted by Gasteiger charge is 2.21. The van der Waals surface area contributed by atoms with Crippen LogP contribution in [-0.4, -0.2) is 17.6 Å². The van der Waals surface area contributed by atoms with Crippen LogP contribution in [0.25, 0.3) is 0 Å². The van der Waals surface area contributed by atoms with Crippen molar-refractivity contribution >= 4 is 5.91 Å². The molecule has 1 aromatic rings. The molecule has 4 nitrogen and oxygen atoms in total. The lowest BCUT2D eigenvalue weighted by Gasteiger charge is -2.24. The van der Waals surface area contributed by atoms with Crippen LogP contribution < -0.4 is 15.8 Å². The Bertz CT molecular complexity index is 455. The minimum absolute atomic E-state index is 0.153. The average Bonchev–Trinajstić information content (AvgIpc) is 2.29. The molecule has 0 aliphatic heterocycles. The van der Waals surface area contributed by atoms with Crippen molar-refractivity contribution in [2.45, 2.75) is 45.9 Å². The highest BCUT2D eigenvalue weighted by atomic mass is 19.1. The molecule has 0 saturated carbocycles. The van der Waals surface area contributed by atoms with Crippen molar-refractivity contribution in [3.05, 3.63) is 29.6 Å². The van der Waals surface area contributed by atoms with Crippen molar-refractivity contribution in [3.8, 4) is 5.75 Å². The van der Waals surface area contributed by atoms with Crippen molar-refractivity contribution in [2.24, 2.45) is 5.73 Å². The summed E-state index contributed by atoms with van der Waals surface area (Å²) in [7, 11) is 0. The zero-order valence-electron chi connectivity index (χ0n) is 11.8. The first-order chi connectivity index (χ1) is 8.73. The normalized spacial score (nSPS) is 12.9. The number of halogens is 1. The van der Waals surface area contributed by atoms with Crippen molar-refractivity contribution in [1.82, 2.24) is 5.32 Å². The SMILES string of the molecule is CC(Oc1ccc(F)cc1CN)C(=O)NC(C)(C)C. The second kappa shape index (κ2) is 6.02. The van der Waals surface area contributed by atoms with E-state index in [-0.39, 0.29) is 23.8 Å². The summed E-state index contributed by atoms with van der Waals surface area (Å²) < 4.78 is 18.6. The molecule has 1 unspecified atom stereocenters. The third-order valence-corrected chi connectivity index (χ3v) is 2.41. The Kier molecular flexibility index (Phi) is 4.89. The lowest BCUT2D eigenvalue weighted by Crippen LogP contribution is -2.46. The van der Waals surface area contributed by atoms with Crippen molar-refractivity contribution in [3.63, 3.8) is 0 Å². The fraction of sp³-hybridized carbons (Fsp3) is 0.500. The maximum absolute atomic E-state index is 13.1. The molecule has 5 heteroatoms. The molecule has 1 rings (SSSR count). The van der Waals surface area contributed by atoms with Crippen molar-refractivity contribution < 1.29 is 13.9 Å². The monoisotopic (exact) mass is 268 g/mol. The van der Waals surface area contributed by atoms with E-state index in [2.05, 4.69) is 5.32 Å². The van der Waals surface area contributed by atoms with Gasteiger partial charge < -0.3 is 15.8 Å². The fourth-order valence-corrected chi connectivity index (χ4v) is 1.54. The van der Waals surface area contributed by atoms with Gasteiger partial charge in [-0.25, -0.2) is 4.39 Å². The summed E-state index contributed by atoms with van der Waals surface area (Å²) in [6, 6.07) is 4.07. The molecular formula is C14H21FN2O2. The van der Waals surface area contributed by atoms with Gasteiger partial charge in [0, 0.05) is 17.6 Å². The van der Waals surface area contributed by atoms with Gasteiger partial charge in [-0.1, -0.05) is 0 Å². The summed E-state index contributed by atoms with van der Waals surface area (Å²) in [5.74, 6) is -0.167. The maximum atomic E-state index is 13.1. The molecule has 0 aliphatic rings. The van der Waals surface area contributed by atoms with Crippen LogP contribution in [0.2, 0.25) is 0 Å². The van der Waals surface area contributed by atoms with Gasteiger partial charge in [-0.05, 0) is 45.9 Å². The Morgan fingerprint density at radius 1 is 1.47 bits per heavy atom. The van der Waals surface area contributed by atoms with Gasteiger partial charge in [-0.3, -0.25) is 4.79 Å². The number of ether oxygens (including phenoxy) is 1. The van der Waals surface area contributed by atoms with Gasteiger partial charge in [0.25, 0.3) is 5.91 Å². The highest BCUT2D eigenvalue weighted by molar-refractivity contribution is 5.81. The summed E-state index contributed by atoms with van der Waals surface area (Å²) >= 11 is 0. The first-order valence-corrected chi connectivity index (χ1v) is 6.20. The van der Waals surface area contributed by atoms with E-state index in [0.717, 1.165) is 0 Å². The molecule has 0 saturated heterocycles. The predicted octanol–water partition coefficient (Wildman–Crippen LogP) is 1.97. The Labute approximate surface area is 113 Å². The predicted molar refractivity (Wildman–Crippen MR) is 72.3 cm³/mol. The molecule has 0 aromatic heterocycles. The van der Waals surface area contributed by atoms with E-state index in [4.69, 9.17) is 10.5 Å². The molecule has 1 atom stereocenters. The van der Waals surface area contributed by atoms with E-state index in [0.29, 0.717) is 11.3 Å². The van der Waals surface area contributed by atoms with Crippen LogP contribution in [0.3, 0.4) is 0 Å². The van der Waals surface area contributed by atoms with Crippen LogP contribution >= 0.6 is 0 Å². The standard InChI is InChI=1S/C14H21FN2O2/c1-9(13(18)17-14(2,3)4)19-12-6-5-11(15)7-10(12)8-16/h5-7,9H,8,16H2,1-4H3,(H,17,18). The number of hydrogen-bond acceptors (Lipinski definition) is 3. The van der Waals surface area contributed by atoms with Crippen LogP contribution in [0.15, 0.2) is 18.2 Å². The summed E-state index contributed by atoms with van der Waals surface area (Å²) in [4.78, 5) is 11.9. The van der Waals surface area contributed by atoms with Crippen LogP contribution in [0.5, 0.6) is 5.75 Å². The number of amides is 1. The molecular weight excluding hydrogens is 247 g/mol. The van der Waals surface area contributed by atoms with Crippen molar-refractivity contribution in [2.75, 3.05) is 0 Å². The lowest BCUT2D eigenvalue weighted by molar-refractivity contribution is -0.128. The third kappa shape index (κ3) is 4.87. The van der Waals surface area contributed by atoms with Gasteiger partial charge in [0.15, 0.2) is 6.10 Å². The van der Waals surface area contributed by atoms with E-state index in [9.17, 15) is 9.18 Å². The summed E-state index contributed by atoms with van der Waals surface area (Å²) in [5.41, 5.74) is 5.74. The van der Waals surface area contributed by atoms with Crippen LogP contribution in [-0.2, 0) is 11.3 Å². The average molecular weight is 268 g/mol. The Morgan fingerprint density at radius 3 is 2.63 bits per heavy atom. The van der Waals surface area contributed by atoms with E-state index in [1.54, 1.807) is 6.92 Å². The second-order valence-corrected chi connectivity index (χ2v) is 5.46. The van der Waals surface area contributed by atoms with Crippen LogP contribution in [0, 0.1) is 5.82 Å². The molecule has 0 heterocycles. The molecule has 0 bridgehead atoms. The number of nitrogens with one attached hydrogen (secondary N) is 1. The minimum atomic E-state index is -0.671. The minimum Gasteiger partial charge on any atom is -0.481 e. The molecule has 1 amide bonds. The van der Waals surface area contributed by atoms with Gasteiger partial charge in [0.1, 0.15) is 11.6 Å². The molecule has 0 aliphatic carbocycles. The molecule has 0 radical (unpaired) electrons. The van der Waals surface area contributed by atoms with Crippen LogP contribution in [0.1, 0.15) is 33.3 Å². The smallest absolute Gasteiger partial charge is 0.261 e. The number of nitrogens with two attached hydrogens (primary N) is 1. The molecule has 3 N–H and O–H groups in total.